The third-order valence-corrected chi connectivity index (χ3v) is 6.31. The number of carbonyl (C=O) groups excluding carboxylic acids is 1. The lowest BCUT2D eigenvalue weighted by Crippen LogP contribution is -2.49. The van der Waals surface area contributed by atoms with Crippen LogP contribution in [0.4, 0.5) is 0 Å². The Balaban J connectivity index is 1.35. The van der Waals surface area contributed by atoms with Crippen molar-refractivity contribution >= 4 is 38.8 Å². The highest BCUT2D eigenvalue weighted by Gasteiger charge is 2.24. The number of hydrogen-bond donors (Lipinski definition) is 1. The fraction of sp³-hybridized carbons (Fsp3) is 0.333. The standard InChI is InChI=1S/C18H19N3O2S2/c22-15(16-2-1-9-24-16)11-20-5-7-21(8-6-20)18(23)13-3-4-14-17(10-13)25-12-19-14/h1-4,9-10,12,15,22H,5-8,11H2/t15-/m0/s1. The number of aromatic nitrogens is 1. The van der Waals surface area contributed by atoms with Crippen LogP contribution in [0.2, 0.25) is 0 Å². The molecule has 1 amide bonds. The Kier molecular flexibility index (Phi) is 4.80. The van der Waals surface area contributed by atoms with Gasteiger partial charge in [0, 0.05) is 43.2 Å². The quantitative estimate of drug-likeness (QED) is 0.764. The number of amides is 1. The van der Waals surface area contributed by atoms with Crippen LogP contribution in [0.15, 0.2) is 41.2 Å². The Morgan fingerprint density at radius 1 is 1.20 bits per heavy atom. The van der Waals surface area contributed by atoms with Gasteiger partial charge in [0.1, 0.15) is 6.10 Å². The highest BCUT2D eigenvalue weighted by molar-refractivity contribution is 7.16. The minimum absolute atomic E-state index is 0.0776. The summed E-state index contributed by atoms with van der Waals surface area (Å²) in [7, 11) is 0. The fourth-order valence-corrected chi connectivity index (χ4v) is 4.54. The van der Waals surface area contributed by atoms with Crippen LogP contribution in [0.25, 0.3) is 10.2 Å². The lowest BCUT2D eigenvalue weighted by Gasteiger charge is -2.35. The number of thiazole rings is 1. The highest BCUT2D eigenvalue weighted by atomic mass is 32.1. The minimum atomic E-state index is -0.448. The monoisotopic (exact) mass is 373 g/mol. The van der Waals surface area contributed by atoms with Crippen molar-refractivity contribution in [3.05, 3.63) is 51.7 Å². The number of piperazine rings is 1. The lowest BCUT2D eigenvalue weighted by atomic mass is 10.1. The van der Waals surface area contributed by atoms with Crippen LogP contribution >= 0.6 is 22.7 Å². The van der Waals surface area contributed by atoms with Gasteiger partial charge in [-0.25, -0.2) is 4.98 Å². The fourth-order valence-electron chi connectivity index (χ4n) is 3.12. The van der Waals surface area contributed by atoms with Gasteiger partial charge in [-0.3, -0.25) is 9.69 Å². The number of β-amino-alcohol motifs (C(OH)–C–C–N with tert-alkyl or cyclic N) is 1. The van der Waals surface area contributed by atoms with Crippen molar-refractivity contribution in [2.24, 2.45) is 0 Å². The molecule has 5 nitrogen and oxygen atoms in total. The summed E-state index contributed by atoms with van der Waals surface area (Å²) in [5.74, 6) is 0.0776. The maximum absolute atomic E-state index is 12.7. The van der Waals surface area contributed by atoms with Crippen molar-refractivity contribution in [2.75, 3.05) is 32.7 Å². The van der Waals surface area contributed by atoms with Crippen molar-refractivity contribution in [2.45, 2.75) is 6.10 Å². The maximum Gasteiger partial charge on any atom is 0.253 e. The number of carbonyl (C=O) groups is 1. The molecule has 0 bridgehead atoms. The Hall–Kier alpha value is -1.80. The van der Waals surface area contributed by atoms with Gasteiger partial charge in [-0.05, 0) is 29.6 Å². The van der Waals surface area contributed by atoms with Crippen molar-refractivity contribution < 1.29 is 9.90 Å². The number of rotatable bonds is 4. The summed E-state index contributed by atoms with van der Waals surface area (Å²) in [6.45, 7) is 3.58. The Morgan fingerprint density at radius 3 is 2.80 bits per heavy atom. The second-order valence-electron chi connectivity index (χ2n) is 6.16. The van der Waals surface area contributed by atoms with E-state index in [1.54, 1.807) is 28.2 Å². The maximum atomic E-state index is 12.7. The molecule has 4 rings (SSSR count). The summed E-state index contributed by atoms with van der Waals surface area (Å²) in [5, 5.41) is 12.3. The van der Waals surface area contributed by atoms with E-state index in [0.717, 1.165) is 33.7 Å². The predicted octanol–water partition coefficient (Wildman–Crippen LogP) is 2.85. The molecule has 3 aromatic rings. The van der Waals surface area contributed by atoms with E-state index in [2.05, 4.69) is 9.88 Å². The van der Waals surface area contributed by atoms with Gasteiger partial charge in [0.2, 0.25) is 0 Å². The Morgan fingerprint density at radius 2 is 2.04 bits per heavy atom. The summed E-state index contributed by atoms with van der Waals surface area (Å²) in [6, 6.07) is 9.62. The molecule has 2 aromatic heterocycles. The van der Waals surface area contributed by atoms with Gasteiger partial charge in [-0.15, -0.1) is 22.7 Å². The van der Waals surface area contributed by atoms with Crippen molar-refractivity contribution in [3.8, 4) is 0 Å². The third-order valence-electron chi connectivity index (χ3n) is 4.54. The summed E-state index contributed by atoms with van der Waals surface area (Å²) in [4.78, 5) is 22.1. The van der Waals surface area contributed by atoms with E-state index in [0.29, 0.717) is 19.6 Å². The van der Waals surface area contributed by atoms with Crippen molar-refractivity contribution in [3.63, 3.8) is 0 Å². The second kappa shape index (κ2) is 7.21. The topological polar surface area (TPSA) is 56.7 Å². The molecule has 1 N–H and O–H groups in total. The van der Waals surface area contributed by atoms with Gasteiger partial charge in [-0.2, -0.15) is 0 Å². The molecule has 1 aromatic carbocycles. The predicted molar refractivity (Wildman–Crippen MR) is 101 cm³/mol. The summed E-state index contributed by atoms with van der Waals surface area (Å²) < 4.78 is 1.04. The first-order valence-electron chi connectivity index (χ1n) is 8.27. The summed E-state index contributed by atoms with van der Waals surface area (Å²) in [6.07, 6.45) is -0.448. The number of fused-ring (bicyclic) bond motifs is 1. The number of thiophene rings is 1. The largest absolute Gasteiger partial charge is 0.386 e. The average Bonchev–Trinajstić information content (AvgIpc) is 3.32. The zero-order valence-electron chi connectivity index (χ0n) is 13.7. The van der Waals surface area contributed by atoms with E-state index in [1.807, 2.05) is 40.6 Å². The van der Waals surface area contributed by atoms with Gasteiger partial charge < -0.3 is 10.0 Å². The molecule has 0 unspecified atom stereocenters. The molecule has 0 radical (unpaired) electrons. The first-order valence-corrected chi connectivity index (χ1v) is 10.0. The number of benzene rings is 1. The van der Waals surface area contributed by atoms with Crippen LogP contribution in [-0.2, 0) is 0 Å². The van der Waals surface area contributed by atoms with Crippen LogP contribution in [0, 0.1) is 0 Å². The second-order valence-corrected chi connectivity index (χ2v) is 8.02. The third kappa shape index (κ3) is 3.59. The number of aliphatic hydroxyl groups is 1. The zero-order valence-corrected chi connectivity index (χ0v) is 15.3. The van der Waals surface area contributed by atoms with Crippen LogP contribution in [0.1, 0.15) is 21.3 Å². The molecular formula is C18H19N3O2S2. The molecule has 7 heteroatoms. The van der Waals surface area contributed by atoms with E-state index in [-0.39, 0.29) is 5.91 Å². The van der Waals surface area contributed by atoms with Gasteiger partial charge in [0.25, 0.3) is 5.91 Å². The van der Waals surface area contributed by atoms with E-state index in [1.165, 1.54) is 0 Å². The Labute approximate surface area is 154 Å². The van der Waals surface area contributed by atoms with Crippen LogP contribution < -0.4 is 0 Å². The molecule has 0 saturated carbocycles. The smallest absolute Gasteiger partial charge is 0.253 e. The molecule has 0 spiro atoms. The van der Waals surface area contributed by atoms with E-state index >= 15 is 0 Å². The molecule has 1 saturated heterocycles. The van der Waals surface area contributed by atoms with Gasteiger partial charge in [0.05, 0.1) is 15.7 Å². The van der Waals surface area contributed by atoms with Crippen LogP contribution in [0.3, 0.4) is 0 Å². The first-order chi connectivity index (χ1) is 12.2. The first kappa shape index (κ1) is 16.7. The Bertz CT molecular complexity index is 854. The van der Waals surface area contributed by atoms with E-state index < -0.39 is 6.10 Å². The molecule has 1 aliphatic heterocycles. The average molecular weight is 374 g/mol. The summed E-state index contributed by atoms with van der Waals surface area (Å²) in [5.41, 5.74) is 3.47. The number of hydrogen-bond acceptors (Lipinski definition) is 6. The molecule has 130 valence electrons. The van der Waals surface area contributed by atoms with Crippen LogP contribution in [0.5, 0.6) is 0 Å². The van der Waals surface area contributed by atoms with Crippen molar-refractivity contribution in [1.82, 2.24) is 14.8 Å². The van der Waals surface area contributed by atoms with Gasteiger partial charge in [0.15, 0.2) is 0 Å². The number of nitrogens with zero attached hydrogens (tertiary/aromatic N) is 3. The molecule has 3 heterocycles. The molecule has 25 heavy (non-hydrogen) atoms. The van der Waals surface area contributed by atoms with Gasteiger partial charge in [-0.1, -0.05) is 6.07 Å². The number of aliphatic hydroxyl groups excluding tert-OH is 1. The SMILES string of the molecule is O=C(c1ccc2ncsc2c1)N1CCN(C[C@H](O)c2cccs2)CC1. The van der Waals surface area contributed by atoms with E-state index in [4.69, 9.17) is 0 Å². The van der Waals surface area contributed by atoms with Crippen molar-refractivity contribution in [1.29, 1.82) is 0 Å². The lowest BCUT2D eigenvalue weighted by molar-refractivity contribution is 0.0533. The van der Waals surface area contributed by atoms with Crippen LogP contribution in [-0.4, -0.2) is 58.5 Å². The van der Waals surface area contributed by atoms with Gasteiger partial charge >= 0.3 is 0 Å². The molecular weight excluding hydrogens is 354 g/mol. The molecule has 0 aliphatic carbocycles. The van der Waals surface area contributed by atoms with E-state index in [9.17, 15) is 9.90 Å². The minimum Gasteiger partial charge on any atom is -0.386 e. The summed E-state index contributed by atoms with van der Waals surface area (Å²) >= 11 is 3.13. The normalized spacial score (nSPS) is 17.1. The molecule has 1 fully saturated rings. The zero-order chi connectivity index (χ0) is 17.2. The molecule has 1 atom stereocenters. The molecule has 1 aliphatic rings. The highest BCUT2D eigenvalue weighted by Crippen LogP contribution is 2.22.